The van der Waals surface area contributed by atoms with Crippen LogP contribution in [0.2, 0.25) is 5.02 Å². The highest BCUT2D eigenvalue weighted by Gasteiger charge is 2.18. The Hall–Kier alpha value is -0.840. The molecule has 1 saturated heterocycles. The SMILES string of the molecule is CC1CCN(C[C@H](O)CNc2ccc(Cl)cn2)CC1. The van der Waals surface area contributed by atoms with Crippen LogP contribution in [-0.4, -0.2) is 47.3 Å². The van der Waals surface area contributed by atoms with Crippen molar-refractivity contribution in [2.75, 3.05) is 31.5 Å². The van der Waals surface area contributed by atoms with Gasteiger partial charge in [-0.15, -0.1) is 0 Å². The molecule has 2 N–H and O–H groups in total. The van der Waals surface area contributed by atoms with Crippen LogP contribution in [-0.2, 0) is 0 Å². The van der Waals surface area contributed by atoms with E-state index >= 15 is 0 Å². The fourth-order valence-corrected chi connectivity index (χ4v) is 2.42. The zero-order valence-corrected chi connectivity index (χ0v) is 12.1. The fraction of sp³-hybridized carbons (Fsp3) is 0.643. The van der Waals surface area contributed by atoms with Crippen LogP contribution in [0.15, 0.2) is 18.3 Å². The number of hydrogen-bond donors (Lipinski definition) is 2. The number of aromatic nitrogens is 1. The number of piperidine rings is 1. The van der Waals surface area contributed by atoms with Crippen LogP contribution in [0.4, 0.5) is 5.82 Å². The number of aliphatic hydroxyl groups is 1. The molecule has 1 aromatic heterocycles. The van der Waals surface area contributed by atoms with E-state index in [-0.39, 0.29) is 6.10 Å². The van der Waals surface area contributed by atoms with Gasteiger partial charge in [0.2, 0.25) is 0 Å². The zero-order valence-electron chi connectivity index (χ0n) is 11.3. The first kappa shape index (κ1) is 14.6. The molecule has 1 fully saturated rings. The Kier molecular flexibility index (Phi) is 5.43. The third-order valence-electron chi connectivity index (χ3n) is 3.59. The number of rotatable bonds is 5. The lowest BCUT2D eigenvalue weighted by molar-refractivity contribution is 0.0989. The van der Waals surface area contributed by atoms with Crippen molar-refractivity contribution in [3.8, 4) is 0 Å². The fourth-order valence-electron chi connectivity index (χ4n) is 2.31. The summed E-state index contributed by atoms with van der Waals surface area (Å²) in [6.45, 7) is 5.73. The minimum atomic E-state index is -0.370. The van der Waals surface area contributed by atoms with Gasteiger partial charge in [-0.3, -0.25) is 0 Å². The monoisotopic (exact) mass is 283 g/mol. The molecule has 0 aromatic carbocycles. The molecule has 1 aliphatic heterocycles. The van der Waals surface area contributed by atoms with E-state index in [4.69, 9.17) is 11.6 Å². The summed E-state index contributed by atoms with van der Waals surface area (Å²) in [5, 5.41) is 13.8. The van der Waals surface area contributed by atoms with Gasteiger partial charge >= 0.3 is 0 Å². The van der Waals surface area contributed by atoms with E-state index in [1.165, 1.54) is 12.8 Å². The van der Waals surface area contributed by atoms with Crippen LogP contribution in [0, 0.1) is 5.92 Å². The second-order valence-corrected chi connectivity index (χ2v) is 5.82. The summed E-state index contributed by atoms with van der Waals surface area (Å²) in [7, 11) is 0. The molecule has 0 aliphatic carbocycles. The summed E-state index contributed by atoms with van der Waals surface area (Å²) in [5.74, 6) is 1.57. The molecule has 106 valence electrons. The molecule has 0 amide bonds. The highest BCUT2D eigenvalue weighted by atomic mass is 35.5. The number of halogens is 1. The maximum atomic E-state index is 10.0. The molecule has 0 saturated carbocycles. The van der Waals surface area contributed by atoms with Crippen molar-refractivity contribution in [1.29, 1.82) is 0 Å². The number of anilines is 1. The van der Waals surface area contributed by atoms with E-state index in [1.54, 1.807) is 12.3 Å². The van der Waals surface area contributed by atoms with Gasteiger partial charge in [0.15, 0.2) is 0 Å². The van der Waals surface area contributed by atoms with Gasteiger partial charge in [0.25, 0.3) is 0 Å². The summed E-state index contributed by atoms with van der Waals surface area (Å²) in [5.41, 5.74) is 0. The molecule has 19 heavy (non-hydrogen) atoms. The Bertz CT molecular complexity index is 377. The van der Waals surface area contributed by atoms with E-state index < -0.39 is 0 Å². The molecule has 2 rings (SSSR count). The van der Waals surface area contributed by atoms with Crippen molar-refractivity contribution < 1.29 is 5.11 Å². The third kappa shape index (κ3) is 4.97. The standard InChI is InChI=1S/C14H22ClN3O/c1-11-4-6-18(7-5-11)10-13(19)9-17-14-3-2-12(15)8-16-14/h2-3,8,11,13,19H,4-7,9-10H2,1H3,(H,16,17)/t13-/m1/s1. The largest absolute Gasteiger partial charge is 0.390 e. The Labute approximate surface area is 119 Å². The molecule has 1 atom stereocenters. The van der Waals surface area contributed by atoms with Crippen molar-refractivity contribution in [2.24, 2.45) is 5.92 Å². The summed E-state index contributed by atoms with van der Waals surface area (Å²) in [6.07, 6.45) is 3.70. The highest BCUT2D eigenvalue weighted by Crippen LogP contribution is 2.16. The Balaban J connectivity index is 1.69. The maximum Gasteiger partial charge on any atom is 0.126 e. The zero-order chi connectivity index (χ0) is 13.7. The lowest BCUT2D eigenvalue weighted by Crippen LogP contribution is -2.40. The molecule has 1 aliphatic rings. The van der Waals surface area contributed by atoms with Crippen LogP contribution >= 0.6 is 11.6 Å². The minimum absolute atomic E-state index is 0.370. The summed E-state index contributed by atoms with van der Waals surface area (Å²) >= 11 is 5.77. The molecule has 2 heterocycles. The van der Waals surface area contributed by atoms with Crippen LogP contribution < -0.4 is 5.32 Å². The van der Waals surface area contributed by atoms with Gasteiger partial charge < -0.3 is 15.3 Å². The normalized spacial score (nSPS) is 19.3. The lowest BCUT2D eigenvalue weighted by Gasteiger charge is -2.31. The number of nitrogens with one attached hydrogen (secondary N) is 1. The lowest BCUT2D eigenvalue weighted by atomic mass is 9.99. The molecule has 0 spiro atoms. The summed E-state index contributed by atoms with van der Waals surface area (Å²) in [6, 6.07) is 3.60. The average Bonchev–Trinajstić information content (AvgIpc) is 2.41. The number of likely N-dealkylation sites (tertiary alicyclic amines) is 1. The van der Waals surface area contributed by atoms with Crippen LogP contribution in [0.1, 0.15) is 19.8 Å². The van der Waals surface area contributed by atoms with Gasteiger partial charge in [-0.2, -0.15) is 0 Å². The first-order chi connectivity index (χ1) is 9.13. The molecule has 0 radical (unpaired) electrons. The van der Waals surface area contributed by atoms with Gasteiger partial charge in [-0.05, 0) is 44.0 Å². The number of β-amino-alcohol motifs (C(OH)–C–C–N with tert-alkyl or cyclic N) is 1. The van der Waals surface area contributed by atoms with Crippen molar-refractivity contribution >= 4 is 17.4 Å². The van der Waals surface area contributed by atoms with E-state index in [0.29, 0.717) is 11.6 Å². The molecular weight excluding hydrogens is 262 g/mol. The Morgan fingerprint density at radius 1 is 1.47 bits per heavy atom. The number of aliphatic hydroxyl groups excluding tert-OH is 1. The predicted octanol–water partition coefficient (Wildman–Crippen LogP) is 2.24. The second-order valence-electron chi connectivity index (χ2n) is 5.38. The predicted molar refractivity (Wildman–Crippen MR) is 78.6 cm³/mol. The molecule has 4 nitrogen and oxygen atoms in total. The molecule has 0 bridgehead atoms. The average molecular weight is 284 g/mol. The second kappa shape index (κ2) is 7.08. The summed E-state index contributed by atoms with van der Waals surface area (Å²) < 4.78 is 0. The maximum absolute atomic E-state index is 10.0. The number of hydrogen-bond acceptors (Lipinski definition) is 4. The van der Waals surface area contributed by atoms with Crippen LogP contribution in [0.5, 0.6) is 0 Å². The van der Waals surface area contributed by atoms with Gasteiger partial charge in [0, 0.05) is 19.3 Å². The van der Waals surface area contributed by atoms with Gasteiger partial charge in [0.05, 0.1) is 11.1 Å². The van der Waals surface area contributed by atoms with E-state index in [1.807, 2.05) is 6.07 Å². The topological polar surface area (TPSA) is 48.4 Å². The van der Waals surface area contributed by atoms with Crippen LogP contribution in [0.25, 0.3) is 0 Å². The number of nitrogens with zero attached hydrogens (tertiary/aromatic N) is 2. The highest BCUT2D eigenvalue weighted by molar-refractivity contribution is 6.30. The van der Waals surface area contributed by atoms with E-state index in [9.17, 15) is 5.11 Å². The Morgan fingerprint density at radius 3 is 2.84 bits per heavy atom. The molecular formula is C14H22ClN3O. The first-order valence-corrected chi connectivity index (χ1v) is 7.27. The van der Waals surface area contributed by atoms with Gasteiger partial charge in [0.1, 0.15) is 5.82 Å². The van der Waals surface area contributed by atoms with Crippen molar-refractivity contribution in [2.45, 2.75) is 25.9 Å². The number of pyridine rings is 1. The minimum Gasteiger partial charge on any atom is -0.390 e. The van der Waals surface area contributed by atoms with E-state index in [2.05, 4.69) is 22.1 Å². The molecule has 0 unspecified atom stereocenters. The van der Waals surface area contributed by atoms with E-state index in [0.717, 1.165) is 31.4 Å². The van der Waals surface area contributed by atoms with Crippen LogP contribution in [0.3, 0.4) is 0 Å². The van der Waals surface area contributed by atoms with Gasteiger partial charge in [-0.1, -0.05) is 18.5 Å². The third-order valence-corrected chi connectivity index (χ3v) is 3.81. The van der Waals surface area contributed by atoms with Gasteiger partial charge in [-0.25, -0.2) is 4.98 Å². The molecule has 5 heteroatoms. The van der Waals surface area contributed by atoms with Crippen molar-refractivity contribution in [1.82, 2.24) is 9.88 Å². The quantitative estimate of drug-likeness (QED) is 0.870. The van der Waals surface area contributed by atoms with Crippen molar-refractivity contribution in [3.63, 3.8) is 0 Å². The first-order valence-electron chi connectivity index (χ1n) is 6.89. The Morgan fingerprint density at radius 2 is 2.21 bits per heavy atom. The van der Waals surface area contributed by atoms with Crippen molar-refractivity contribution in [3.05, 3.63) is 23.4 Å². The molecule has 1 aromatic rings. The summed E-state index contributed by atoms with van der Waals surface area (Å²) in [4.78, 5) is 6.47. The smallest absolute Gasteiger partial charge is 0.126 e.